The van der Waals surface area contributed by atoms with Crippen LogP contribution in [-0.4, -0.2) is 36.1 Å². The summed E-state index contributed by atoms with van der Waals surface area (Å²) in [6, 6.07) is 4.86. The third-order valence-corrected chi connectivity index (χ3v) is 4.84. The molecule has 1 aliphatic rings. The molecule has 4 atom stereocenters. The van der Waals surface area contributed by atoms with Crippen LogP contribution in [0.2, 0.25) is 0 Å². The van der Waals surface area contributed by atoms with Gasteiger partial charge in [-0.05, 0) is 55.8 Å². The quantitative estimate of drug-likeness (QED) is 0.872. The Morgan fingerprint density at radius 1 is 1.33 bits per heavy atom. The smallest absolute Gasteiger partial charge is 0.0312 e. The van der Waals surface area contributed by atoms with Gasteiger partial charge in [-0.15, -0.1) is 0 Å². The van der Waals surface area contributed by atoms with Crippen molar-refractivity contribution in [2.75, 3.05) is 20.1 Å². The van der Waals surface area contributed by atoms with E-state index in [1.807, 2.05) is 18.5 Å². The molecule has 0 radical (unpaired) electrons. The SMILES string of the molecule is CCNC1CC(C)CC(C)C1CN(C)Cc1cccnc1. The normalized spacial score (nSPS) is 29.8. The largest absolute Gasteiger partial charge is 0.314 e. The molecule has 118 valence electrons. The summed E-state index contributed by atoms with van der Waals surface area (Å²) in [5.41, 5.74) is 1.30. The van der Waals surface area contributed by atoms with Crippen molar-refractivity contribution in [3.05, 3.63) is 30.1 Å². The fraction of sp³-hybridized carbons (Fsp3) is 0.722. The van der Waals surface area contributed by atoms with E-state index in [0.717, 1.165) is 30.8 Å². The number of hydrogen-bond acceptors (Lipinski definition) is 3. The van der Waals surface area contributed by atoms with Crippen LogP contribution in [0.1, 0.15) is 39.2 Å². The molecule has 2 rings (SSSR count). The van der Waals surface area contributed by atoms with Crippen LogP contribution in [-0.2, 0) is 6.54 Å². The van der Waals surface area contributed by atoms with Gasteiger partial charge in [0.05, 0.1) is 0 Å². The van der Waals surface area contributed by atoms with E-state index in [4.69, 9.17) is 0 Å². The van der Waals surface area contributed by atoms with Gasteiger partial charge in [-0.2, -0.15) is 0 Å². The van der Waals surface area contributed by atoms with Crippen LogP contribution >= 0.6 is 0 Å². The maximum atomic E-state index is 4.21. The zero-order valence-corrected chi connectivity index (χ0v) is 14.0. The molecule has 0 aliphatic heterocycles. The number of nitrogens with one attached hydrogen (secondary N) is 1. The fourth-order valence-electron chi connectivity index (χ4n) is 3.94. The van der Waals surface area contributed by atoms with Gasteiger partial charge in [0.25, 0.3) is 0 Å². The van der Waals surface area contributed by atoms with Crippen molar-refractivity contribution >= 4 is 0 Å². The number of nitrogens with zero attached hydrogens (tertiary/aromatic N) is 2. The van der Waals surface area contributed by atoms with Gasteiger partial charge in [-0.1, -0.05) is 26.8 Å². The lowest BCUT2D eigenvalue weighted by Gasteiger charge is -2.42. The zero-order valence-electron chi connectivity index (χ0n) is 14.0. The molecule has 1 aliphatic carbocycles. The monoisotopic (exact) mass is 289 g/mol. The molecule has 3 heteroatoms. The summed E-state index contributed by atoms with van der Waals surface area (Å²) in [6.45, 7) is 10.3. The van der Waals surface area contributed by atoms with E-state index < -0.39 is 0 Å². The third kappa shape index (κ3) is 4.79. The molecule has 0 aromatic carbocycles. The van der Waals surface area contributed by atoms with Gasteiger partial charge in [0.15, 0.2) is 0 Å². The first-order valence-corrected chi connectivity index (χ1v) is 8.41. The Morgan fingerprint density at radius 3 is 2.81 bits per heavy atom. The van der Waals surface area contributed by atoms with E-state index in [2.05, 4.69) is 49.1 Å². The Labute approximate surface area is 130 Å². The molecule has 1 N–H and O–H groups in total. The third-order valence-electron chi connectivity index (χ3n) is 4.84. The van der Waals surface area contributed by atoms with E-state index >= 15 is 0 Å². The topological polar surface area (TPSA) is 28.2 Å². The van der Waals surface area contributed by atoms with Gasteiger partial charge in [0, 0.05) is 31.5 Å². The number of pyridine rings is 1. The van der Waals surface area contributed by atoms with E-state index in [1.165, 1.54) is 24.9 Å². The Bertz CT molecular complexity index is 406. The van der Waals surface area contributed by atoms with Gasteiger partial charge in [0.1, 0.15) is 0 Å². The predicted octanol–water partition coefficient (Wildman–Crippen LogP) is 3.17. The Morgan fingerprint density at radius 2 is 2.14 bits per heavy atom. The first-order chi connectivity index (χ1) is 10.1. The zero-order chi connectivity index (χ0) is 15.2. The van der Waals surface area contributed by atoms with Crippen molar-refractivity contribution < 1.29 is 0 Å². The Kier molecular flexibility index (Phi) is 6.19. The minimum atomic E-state index is 0.671. The molecular formula is C18H31N3. The minimum absolute atomic E-state index is 0.671. The molecule has 1 heterocycles. The summed E-state index contributed by atoms with van der Waals surface area (Å²) < 4.78 is 0. The molecule has 0 saturated heterocycles. The highest BCUT2D eigenvalue weighted by molar-refractivity contribution is 5.08. The summed E-state index contributed by atoms with van der Waals surface area (Å²) in [6.07, 6.45) is 6.51. The van der Waals surface area contributed by atoms with Crippen LogP contribution in [0.15, 0.2) is 24.5 Å². The molecule has 0 spiro atoms. The molecule has 1 aromatic rings. The predicted molar refractivity (Wildman–Crippen MR) is 89.1 cm³/mol. The molecule has 21 heavy (non-hydrogen) atoms. The van der Waals surface area contributed by atoms with Crippen LogP contribution < -0.4 is 5.32 Å². The van der Waals surface area contributed by atoms with Crippen LogP contribution in [0.5, 0.6) is 0 Å². The maximum absolute atomic E-state index is 4.21. The highest BCUT2D eigenvalue weighted by Crippen LogP contribution is 2.34. The van der Waals surface area contributed by atoms with E-state index in [1.54, 1.807) is 0 Å². The summed E-state index contributed by atoms with van der Waals surface area (Å²) in [5.74, 6) is 2.40. The maximum Gasteiger partial charge on any atom is 0.0312 e. The van der Waals surface area contributed by atoms with Crippen molar-refractivity contribution in [2.45, 2.75) is 46.2 Å². The number of rotatable bonds is 6. The molecule has 1 aromatic heterocycles. The summed E-state index contributed by atoms with van der Waals surface area (Å²) in [4.78, 5) is 6.67. The first-order valence-electron chi connectivity index (χ1n) is 8.41. The van der Waals surface area contributed by atoms with Crippen molar-refractivity contribution in [1.29, 1.82) is 0 Å². The minimum Gasteiger partial charge on any atom is -0.314 e. The lowest BCUT2D eigenvalue weighted by molar-refractivity contribution is 0.110. The van der Waals surface area contributed by atoms with E-state index in [0.29, 0.717) is 6.04 Å². The second kappa shape index (κ2) is 7.90. The molecular weight excluding hydrogens is 258 g/mol. The summed E-state index contributed by atoms with van der Waals surface area (Å²) in [5, 5.41) is 3.73. The Balaban J connectivity index is 1.94. The average molecular weight is 289 g/mol. The molecule has 0 bridgehead atoms. The van der Waals surface area contributed by atoms with Gasteiger partial charge in [-0.3, -0.25) is 4.98 Å². The van der Waals surface area contributed by atoms with Crippen molar-refractivity contribution in [2.24, 2.45) is 17.8 Å². The van der Waals surface area contributed by atoms with Gasteiger partial charge in [-0.25, -0.2) is 0 Å². The summed E-state index contributed by atoms with van der Waals surface area (Å²) in [7, 11) is 2.24. The van der Waals surface area contributed by atoms with Gasteiger partial charge >= 0.3 is 0 Å². The number of hydrogen-bond donors (Lipinski definition) is 1. The van der Waals surface area contributed by atoms with Gasteiger partial charge < -0.3 is 10.2 Å². The van der Waals surface area contributed by atoms with E-state index in [9.17, 15) is 0 Å². The first kappa shape index (κ1) is 16.4. The molecule has 1 fully saturated rings. The van der Waals surface area contributed by atoms with Crippen LogP contribution in [0.4, 0.5) is 0 Å². The molecule has 4 unspecified atom stereocenters. The lowest BCUT2D eigenvalue weighted by atomic mass is 9.72. The fourth-order valence-corrected chi connectivity index (χ4v) is 3.94. The van der Waals surface area contributed by atoms with Crippen LogP contribution in [0, 0.1) is 17.8 Å². The molecule has 0 amide bonds. The molecule has 3 nitrogen and oxygen atoms in total. The summed E-state index contributed by atoms with van der Waals surface area (Å²) >= 11 is 0. The van der Waals surface area contributed by atoms with E-state index in [-0.39, 0.29) is 0 Å². The lowest BCUT2D eigenvalue weighted by Crippen LogP contribution is -2.48. The standard InChI is InChI=1S/C18H31N3/c1-5-20-18-10-14(2)9-15(3)17(18)13-21(4)12-16-7-6-8-19-11-16/h6-8,11,14-15,17-18,20H,5,9-10,12-13H2,1-4H3. The average Bonchev–Trinajstić information content (AvgIpc) is 2.44. The van der Waals surface area contributed by atoms with Crippen LogP contribution in [0.3, 0.4) is 0 Å². The molecule has 1 saturated carbocycles. The highest BCUT2D eigenvalue weighted by atomic mass is 15.1. The highest BCUT2D eigenvalue weighted by Gasteiger charge is 2.33. The van der Waals surface area contributed by atoms with Crippen LogP contribution in [0.25, 0.3) is 0 Å². The van der Waals surface area contributed by atoms with Crippen molar-refractivity contribution in [3.8, 4) is 0 Å². The van der Waals surface area contributed by atoms with Crippen molar-refractivity contribution in [1.82, 2.24) is 15.2 Å². The van der Waals surface area contributed by atoms with Gasteiger partial charge in [0.2, 0.25) is 0 Å². The second-order valence-corrected chi connectivity index (χ2v) is 6.94. The second-order valence-electron chi connectivity index (χ2n) is 6.94. The Hall–Kier alpha value is -0.930. The number of aromatic nitrogens is 1. The van der Waals surface area contributed by atoms with Crippen molar-refractivity contribution in [3.63, 3.8) is 0 Å².